The molecule has 1 aliphatic rings. The fourth-order valence-corrected chi connectivity index (χ4v) is 2.99. The zero-order chi connectivity index (χ0) is 12.4. The van der Waals surface area contributed by atoms with Crippen LogP contribution in [0.3, 0.4) is 0 Å². The van der Waals surface area contributed by atoms with Crippen LogP contribution in [-0.2, 0) is 0 Å². The van der Waals surface area contributed by atoms with E-state index >= 15 is 0 Å². The molecule has 0 saturated carbocycles. The fraction of sp³-hybridized carbons (Fsp3) is 0.571. The monoisotopic (exact) mass is 296 g/mol. The summed E-state index contributed by atoms with van der Waals surface area (Å²) in [6.45, 7) is 5.60. The highest BCUT2D eigenvalue weighted by molar-refractivity contribution is 9.10. The van der Waals surface area contributed by atoms with Gasteiger partial charge in [0.25, 0.3) is 0 Å². The third-order valence-corrected chi connectivity index (χ3v) is 4.35. The number of likely N-dealkylation sites (tertiary alicyclic amines) is 1. The SMILES string of the molecule is Cc1ccc(NC2CCN(C)C(C)C2)c(Br)c1. The quantitative estimate of drug-likeness (QED) is 0.896. The summed E-state index contributed by atoms with van der Waals surface area (Å²) in [4.78, 5) is 2.43. The normalized spacial score (nSPS) is 25.9. The standard InChI is InChI=1S/C14H21BrN2/c1-10-4-5-14(13(15)8-10)16-12-6-7-17(3)11(2)9-12/h4-5,8,11-12,16H,6-7,9H2,1-3H3. The maximum absolute atomic E-state index is 3.65. The second-order valence-corrected chi connectivity index (χ2v) is 6.03. The molecule has 2 nitrogen and oxygen atoms in total. The Balaban J connectivity index is 2.01. The molecule has 1 fully saturated rings. The Morgan fingerprint density at radius 3 is 2.82 bits per heavy atom. The van der Waals surface area contributed by atoms with Crippen molar-refractivity contribution in [3.05, 3.63) is 28.2 Å². The Bertz CT molecular complexity index is 392. The zero-order valence-corrected chi connectivity index (χ0v) is 12.4. The van der Waals surface area contributed by atoms with Gasteiger partial charge in [-0.05, 0) is 67.4 Å². The fourth-order valence-electron chi connectivity index (χ4n) is 2.38. The van der Waals surface area contributed by atoms with Gasteiger partial charge in [0.05, 0.1) is 0 Å². The van der Waals surface area contributed by atoms with E-state index in [0.717, 1.165) is 0 Å². The van der Waals surface area contributed by atoms with Gasteiger partial charge in [0.2, 0.25) is 0 Å². The molecule has 1 aromatic rings. The van der Waals surface area contributed by atoms with Crippen LogP contribution in [0.1, 0.15) is 25.3 Å². The van der Waals surface area contributed by atoms with Crippen molar-refractivity contribution in [2.24, 2.45) is 0 Å². The van der Waals surface area contributed by atoms with E-state index in [1.807, 2.05) is 0 Å². The molecule has 2 unspecified atom stereocenters. The first-order valence-corrected chi connectivity index (χ1v) is 7.08. The molecular formula is C14H21BrN2. The van der Waals surface area contributed by atoms with E-state index in [0.29, 0.717) is 12.1 Å². The third kappa shape index (κ3) is 3.23. The number of rotatable bonds is 2. The Hall–Kier alpha value is -0.540. The van der Waals surface area contributed by atoms with Crippen molar-refractivity contribution in [2.75, 3.05) is 18.9 Å². The van der Waals surface area contributed by atoms with E-state index < -0.39 is 0 Å². The van der Waals surface area contributed by atoms with Crippen molar-refractivity contribution in [2.45, 2.75) is 38.8 Å². The molecule has 0 amide bonds. The molecule has 17 heavy (non-hydrogen) atoms. The van der Waals surface area contributed by atoms with E-state index in [4.69, 9.17) is 0 Å². The number of piperidine rings is 1. The van der Waals surface area contributed by atoms with Crippen LogP contribution < -0.4 is 5.32 Å². The lowest BCUT2D eigenvalue weighted by Crippen LogP contribution is -2.42. The molecule has 94 valence electrons. The molecule has 0 aliphatic carbocycles. The molecule has 1 heterocycles. The van der Waals surface area contributed by atoms with Crippen LogP contribution in [0, 0.1) is 6.92 Å². The first-order chi connectivity index (χ1) is 8.06. The summed E-state index contributed by atoms with van der Waals surface area (Å²) in [6, 6.07) is 7.76. The van der Waals surface area contributed by atoms with Crippen LogP contribution >= 0.6 is 15.9 Å². The number of aryl methyl sites for hydroxylation is 1. The molecule has 2 atom stereocenters. The Morgan fingerprint density at radius 2 is 2.18 bits per heavy atom. The number of nitrogens with zero attached hydrogens (tertiary/aromatic N) is 1. The summed E-state index contributed by atoms with van der Waals surface area (Å²) in [5.74, 6) is 0. The number of nitrogens with one attached hydrogen (secondary N) is 1. The minimum atomic E-state index is 0.597. The number of anilines is 1. The Labute approximate surface area is 113 Å². The van der Waals surface area contributed by atoms with Gasteiger partial charge in [-0.15, -0.1) is 0 Å². The van der Waals surface area contributed by atoms with Crippen LogP contribution in [-0.4, -0.2) is 30.6 Å². The number of hydrogen-bond donors (Lipinski definition) is 1. The van der Waals surface area contributed by atoms with Gasteiger partial charge in [-0.1, -0.05) is 6.07 Å². The summed E-state index contributed by atoms with van der Waals surface area (Å²) in [7, 11) is 2.21. The molecule has 0 aromatic heterocycles. The number of benzene rings is 1. The predicted octanol–water partition coefficient (Wildman–Crippen LogP) is 3.65. The smallest absolute Gasteiger partial charge is 0.0486 e. The minimum absolute atomic E-state index is 0.597. The van der Waals surface area contributed by atoms with Crippen molar-refractivity contribution >= 4 is 21.6 Å². The number of halogens is 1. The molecule has 0 spiro atoms. The van der Waals surface area contributed by atoms with Gasteiger partial charge in [0.1, 0.15) is 0 Å². The molecular weight excluding hydrogens is 276 g/mol. The zero-order valence-electron chi connectivity index (χ0n) is 10.8. The highest BCUT2D eigenvalue weighted by Gasteiger charge is 2.22. The van der Waals surface area contributed by atoms with Crippen molar-refractivity contribution < 1.29 is 0 Å². The molecule has 0 radical (unpaired) electrons. The highest BCUT2D eigenvalue weighted by atomic mass is 79.9. The molecule has 2 rings (SSSR count). The molecule has 1 N–H and O–H groups in total. The summed E-state index contributed by atoms with van der Waals surface area (Å²) < 4.78 is 1.17. The molecule has 1 aromatic carbocycles. The summed E-state index contributed by atoms with van der Waals surface area (Å²) >= 11 is 3.63. The molecule has 0 bridgehead atoms. The third-order valence-electron chi connectivity index (χ3n) is 3.69. The van der Waals surface area contributed by atoms with E-state index in [2.05, 4.69) is 65.2 Å². The molecule has 1 saturated heterocycles. The minimum Gasteiger partial charge on any atom is -0.381 e. The molecule has 1 aliphatic heterocycles. The average Bonchev–Trinajstić information content (AvgIpc) is 2.27. The molecule has 3 heteroatoms. The topological polar surface area (TPSA) is 15.3 Å². The van der Waals surface area contributed by atoms with Crippen LogP contribution in [0.4, 0.5) is 5.69 Å². The van der Waals surface area contributed by atoms with E-state index in [-0.39, 0.29) is 0 Å². The van der Waals surface area contributed by atoms with Gasteiger partial charge < -0.3 is 10.2 Å². The van der Waals surface area contributed by atoms with Crippen molar-refractivity contribution in [3.8, 4) is 0 Å². The lowest BCUT2D eigenvalue weighted by molar-refractivity contribution is 0.190. The van der Waals surface area contributed by atoms with Crippen LogP contribution in [0.25, 0.3) is 0 Å². The largest absolute Gasteiger partial charge is 0.381 e. The average molecular weight is 297 g/mol. The van der Waals surface area contributed by atoms with Gasteiger partial charge in [-0.3, -0.25) is 0 Å². The summed E-state index contributed by atoms with van der Waals surface area (Å²) in [5.41, 5.74) is 2.51. The Kier molecular flexibility index (Phi) is 4.10. The van der Waals surface area contributed by atoms with Crippen molar-refractivity contribution in [1.82, 2.24) is 4.90 Å². The highest BCUT2D eigenvalue weighted by Crippen LogP contribution is 2.26. The van der Waals surface area contributed by atoms with Gasteiger partial charge in [-0.25, -0.2) is 0 Å². The Morgan fingerprint density at radius 1 is 1.41 bits per heavy atom. The maximum Gasteiger partial charge on any atom is 0.0486 e. The lowest BCUT2D eigenvalue weighted by atomic mass is 9.98. The van der Waals surface area contributed by atoms with Gasteiger partial charge in [-0.2, -0.15) is 0 Å². The summed E-state index contributed by atoms with van der Waals surface area (Å²) in [5, 5.41) is 3.65. The van der Waals surface area contributed by atoms with Crippen molar-refractivity contribution in [1.29, 1.82) is 0 Å². The maximum atomic E-state index is 3.65. The van der Waals surface area contributed by atoms with Gasteiger partial charge >= 0.3 is 0 Å². The van der Waals surface area contributed by atoms with E-state index in [9.17, 15) is 0 Å². The second kappa shape index (κ2) is 5.40. The van der Waals surface area contributed by atoms with Crippen LogP contribution in [0.15, 0.2) is 22.7 Å². The van der Waals surface area contributed by atoms with Gasteiger partial charge in [0, 0.05) is 28.8 Å². The van der Waals surface area contributed by atoms with Crippen LogP contribution in [0.5, 0.6) is 0 Å². The van der Waals surface area contributed by atoms with Gasteiger partial charge in [0.15, 0.2) is 0 Å². The summed E-state index contributed by atoms with van der Waals surface area (Å²) in [6.07, 6.45) is 2.44. The first kappa shape index (κ1) is 12.9. The van der Waals surface area contributed by atoms with Crippen molar-refractivity contribution in [3.63, 3.8) is 0 Å². The van der Waals surface area contributed by atoms with E-state index in [1.165, 1.54) is 35.1 Å². The van der Waals surface area contributed by atoms with Crippen LogP contribution in [0.2, 0.25) is 0 Å². The predicted molar refractivity (Wildman–Crippen MR) is 77.6 cm³/mol. The number of hydrogen-bond acceptors (Lipinski definition) is 2. The lowest BCUT2D eigenvalue weighted by Gasteiger charge is -2.36. The second-order valence-electron chi connectivity index (χ2n) is 5.18. The van der Waals surface area contributed by atoms with E-state index in [1.54, 1.807) is 0 Å². The first-order valence-electron chi connectivity index (χ1n) is 6.29.